The number of carbonyl (C=O) groups is 1. The molecule has 0 aliphatic rings. The van der Waals surface area contributed by atoms with Crippen molar-refractivity contribution in [3.05, 3.63) is 58.7 Å². The first-order valence-electron chi connectivity index (χ1n) is 8.12. The van der Waals surface area contributed by atoms with E-state index in [1.165, 1.54) is 16.0 Å². The molecule has 0 radical (unpaired) electrons. The molecule has 2 aromatic carbocycles. The predicted octanol–water partition coefficient (Wildman–Crippen LogP) is 4.21. The van der Waals surface area contributed by atoms with Crippen molar-refractivity contribution in [2.75, 3.05) is 18.9 Å². The van der Waals surface area contributed by atoms with Gasteiger partial charge in [0.2, 0.25) is 0 Å². The van der Waals surface area contributed by atoms with Gasteiger partial charge in [0.1, 0.15) is 5.75 Å². The summed E-state index contributed by atoms with van der Waals surface area (Å²) in [5.41, 5.74) is 4.66. The topological polar surface area (TPSA) is 38.3 Å². The highest BCUT2D eigenvalue weighted by atomic mass is 32.2. The fourth-order valence-corrected chi connectivity index (χ4v) is 3.11. The predicted molar refractivity (Wildman–Crippen MR) is 101 cm³/mol. The second-order valence-corrected chi connectivity index (χ2v) is 7.17. The summed E-state index contributed by atoms with van der Waals surface area (Å²) >= 11 is 1.74. The maximum Gasteiger partial charge on any atom is 0.257 e. The SMILES string of the molecule is Cc1ccc(SCCNC(=O)COc2cc(C)cc(C)c2C)cc1. The van der Waals surface area contributed by atoms with Gasteiger partial charge in [-0.05, 0) is 62.6 Å². The zero-order valence-electron chi connectivity index (χ0n) is 14.8. The lowest BCUT2D eigenvalue weighted by Gasteiger charge is -2.12. The van der Waals surface area contributed by atoms with Crippen molar-refractivity contribution >= 4 is 17.7 Å². The van der Waals surface area contributed by atoms with Crippen molar-refractivity contribution in [2.45, 2.75) is 32.6 Å². The molecule has 128 valence electrons. The molecule has 0 aliphatic carbocycles. The molecule has 0 atom stereocenters. The Morgan fingerprint density at radius 2 is 1.75 bits per heavy atom. The first-order chi connectivity index (χ1) is 11.5. The number of hydrogen-bond acceptors (Lipinski definition) is 3. The van der Waals surface area contributed by atoms with Crippen molar-refractivity contribution < 1.29 is 9.53 Å². The Balaban J connectivity index is 1.71. The minimum atomic E-state index is -0.0851. The van der Waals surface area contributed by atoms with Gasteiger partial charge in [-0.1, -0.05) is 23.8 Å². The third kappa shape index (κ3) is 5.60. The largest absolute Gasteiger partial charge is 0.483 e. The van der Waals surface area contributed by atoms with Crippen LogP contribution in [0.25, 0.3) is 0 Å². The van der Waals surface area contributed by atoms with Gasteiger partial charge in [0.05, 0.1) is 0 Å². The summed E-state index contributed by atoms with van der Waals surface area (Å²) in [7, 11) is 0. The fraction of sp³-hybridized carbons (Fsp3) is 0.350. The Morgan fingerprint density at radius 3 is 2.46 bits per heavy atom. The number of benzene rings is 2. The highest BCUT2D eigenvalue weighted by Crippen LogP contribution is 2.23. The van der Waals surface area contributed by atoms with Crippen LogP contribution in [0.1, 0.15) is 22.3 Å². The number of thioether (sulfide) groups is 1. The van der Waals surface area contributed by atoms with Crippen molar-refractivity contribution in [3.63, 3.8) is 0 Å². The molecule has 0 aliphatic heterocycles. The average Bonchev–Trinajstić information content (AvgIpc) is 2.55. The molecule has 0 heterocycles. The van der Waals surface area contributed by atoms with Crippen LogP contribution in [-0.4, -0.2) is 24.8 Å². The van der Waals surface area contributed by atoms with Crippen LogP contribution in [0.15, 0.2) is 41.3 Å². The summed E-state index contributed by atoms with van der Waals surface area (Å²) in [6, 6.07) is 12.5. The molecule has 2 aromatic rings. The Hall–Kier alpha value is -1.94. The number of nitrogens with one attached hydrogen (secondary N) is 1. The van der Waals surface area contributed by atoms with Crippen molar-refractivity contribution in [2.24, 2.45) is 0 Å². The molecule has 0 saturated carbocycles. The van der Waals surface area contributed by atoms with Crippen molar-refractivity contribution in [1.82, 2.24) is 5.32 Å². The second-order valence-electron chi connectivity index (χ2n) is 6.01. The third-order valence-corrected chi connectivity index (χ3v) is 4.85. The number of ether oxygens (including phenoxy) is 1. The molecule has 4 heteroatoms. The van der Waals surface area contributed by atoms with E-state index in [0.717, 1.165) is 22.6 Å². The molecule has 1 N–H and O–H groups in total. The van der Waals surface area contributed by atoms with Gasteiger partial charge in [-0.25, -0.2) is 0 Å². The molecule has 24 heavy (non-hydrogen) atoms. The highest BCUT2D eigenvalue weighted by Gasteiger charge is 2.07. The average molecular weight is 343 g/mol. The summed E-state index contributed by atoms with van der Waals surface area (Å²) in [4.78, 5) is 13.1. The zero-order chi connectivity index (χ0) is 17.5. The van der Waals surface area contributed by atoms with Crippen LogP contribution >= 0.6 is 11.8 Å². The van der Waals surface area contributed by atoms with Crippen LogP contribution < -0.4 is 10.1 Å². The molecule has 0 fully saturated rings. The van der Waals surface area contributed by atoms with Crippen molar-refractivity contribution in [1.29, 1.82) is 0 Å². The number of amides is 1. The molecule has 0 bridgehead atoms. The lowest BCUT2D eigenvalue weighted by molar-refractivity contribution is -0.122. The van der Waals surface area contributed by atoms with Gasteiger partial charge >= 0.3 is 0 Å². The molecule has 0 unspecified atom stereocenters. The van der Waals surface area contributed by atoms with E-state index >= 15 is 0 Å². The standard InChI is InChI=1S/C20H25NO2S/c1-14-5-7-18(8-6-14)24-10-9-21-20(22)13-23-19-12-15(2)11-16(3)17(19)4/h5-8,11-12H,9-10,13H2,1-4H3,(H,21,22). The summed E-state index contributed by atoms with van der Waals surface area (Å²) in [6.07, 6.45) is 0. The Bertz CT molecular complexity index is 696. The van der Waals surface area contributed by atoms with Crippen LogP contribution in [-0.2, 0) is 4.79 Å². The molecule has 2 rings (SSSR count). The third-order valence-electron chi connectivity index (χ3n) is 3.84. The molecule has 0 saturated heterocycles. The second kappa shape index (κ2) is 8.78. The molecule has 3 nitrogen and oxygen atoms in total. The van der Waals surface area contributed by atoms with Gasteiger partial charge in [0.25, 0.3) is 5.91 Å². The molecule has 1 amide bonds. The van der Waals surface area contributed by atoms with Crippen LogP contribution in [0.2, 0.25) is 0 Å². The fourth-order valence-electron chi connectivity index (χ4n) is 2.34. The number of carbonyl (C=O) groups excluding carboxylic acids is 1. The van der Waals surface area contributed by atoms with E-state index in [4.69, 9.17) is 4.74 Å². The van der Waals surface area contributed by atoms with Crippen LogP contribution in [0.4, 0.5) is 0 Å². The zero-order valence-corrected chi connectivity index (χ0v) is 15.6. The van der Waals surface area contributed by atoms with Crippen LogP contribution in [0.5, 0.6) is 5.75 Å². The summed E-state index contributed by atoms with van der Waals surface area (Å²) in [5, 5.41) is 2.90. The van der Waals surface area contributed by atoms with E-state index in [2.05, 4.69) is 49.5 Å². The van der Waals surface area contributed by atoms with Crippen LogP contribution in [0.3, 0.4) is 0 Å². The minimum Gasteiger partial charge on any atom is -0.483 e. The quantitative estimate of drug-likeness (QED) is 0.604. The van der Waals surface area contributed by atoms with E-state index in [0.29, 0.717) is 6.54 Å². The highest BCUT2D eigenvalue weighted by molar-refractivity contribution is 7.99. The smallest absolute Gasteiger partial charge is 0.257 e. The summed E-state index contributed by atoms with van der Waals surface area (Å²) in [5.74, 6) is 1.55. The summed E-state index contributed by atoms with van der Waals surface area (Å²) in [6.45, 7) is 8.86. The van der Waals surface area contributed by atoms with E-state index in [9.17, 15) is 4.79 Å². The molecular weight excluding hydrogens is 318 g/mol. The first-order valence-corrected chi connectivity index (χ1v) is 9.11. The minimum absolute atomic E-state index is 0.0545. The normalized spacial score (nSPS) is 10.5. The van der Waals surface area contributed by atoms with E-state index in [1.54, 1.807) is 11.8 Å². The Labute approximate surface area is 148 Å². The lowest BCUT2D eigenvalue weighted by atomic mass is 10.1. The van der Waals surface area contributed by atoms with Gasteiger partial charge < -0.3 is 10.1 Å². The number of hydrogen-bond donors (Lipinski definition) is 1. The van der Waals surface area contributed by atoms with Gasteiger partial charge in [-0.2, -0.15) is 0 Å². The Kier molecular flexibility index (Phi) is 6.73. The maximum absolute atomic E-state index is 11.9. The van der Waals surface area contributed by atoms with Crippen molar-refractivity contribution in [3.8, 4) is 5.75 Å². The monoisotopic (exact) mass is 343 g/mol. The number of rotatable bonds is 7. The summed E-state index contributed by atoms with van der Waals surface area (Å²) < 4.78 is 5.67. The van der Waals surface area contributed by atoms with Crippen LogP contribution in [0, 0.1) is 27.7 Å². The molecule has 0 aromatic heterocycles. The van der Waals surface area contributed by atoms with E-state index < -0.39 is 0 Å². The molecule has 0 spiro atoms. The van der Waals surface area contributed by atoms with Gasteiger partial charge in [-0.15, -0.1) is 11.8 Å². The van der Waals surface area contributed by atoms with E-state index in [1.807, 2.05) is 19.9 Å². The van der Waals surface area contributed by atoms with Gasteiger partial charge in [0.15, 0.2) is 6.61 Å². The molecular formula is C20H25NO2S. The van der Waals surface area contributed by atoms with Gasteiger partial charge in [0, 0.05) is 17.2 Å². The lowest BCUT2D eigenvalue weighted by Crippen LogP contribution is -2.30. The number of aryl methyl sites for hydroxylation is 3. The first kappa shape index (κ1) is 18.4. The Morgan fingerprint density at radius 1 is 1.04 bits per heavy atom. The van der Waals surface area contributed by atoms with Gasteiger partial charge in [-0.3, -0.25) is 4.79 Å². The maximum atomic E-state index is 11.9. The van der Waals surface area contributed by atoms with E-state index in [-0.39, 0.29) is 12.5 Å².